The average molecular weight is 307 g/mol. The van der Waals surface area contributed by atoms with E-state index in [2.05, 4.69) is 5.32 Å². The number of aliphatic hydroxyl groups excluding tert-OH is 1. The molecule has 0 fully saturated rings. The number of carbonyl (C=O) groups excluding carboxylic acids is 1. The van der Waals surface area contributed by atoms with Gasteiger partial charge in [-0.3, -0.25) is 4.79 Å². The van der Waals surface area contributed by atoms with Gasteiger partial charge in [0.05, 0.1) is 19.1 Å². The predicted octanol–water partition coefficient (Wildman–Crippen LogP) is 0.583. The lowest BCUT2D eigenvalue weighted by molar-refractivity contribution is -0.184. The molecule has 0 aromatic carbocycles. The van der Waals surface area contributed by atoms with Crippen LogP contribution in [0.1, 0.15) is 26.7 Å². The van der Waals surface area contributed by atoms with Gasteiger partial charge in [0.15, 0.2) is 6.29 Å². The Kier molecular flexibility index (Phi) is 10.6. The summed E-state index contributed by atoms with van der Waals surface area (Å²) in [4.78, 5) is 21.6. The lowest BCUT2D eigenvalue weighted by atomic mass is 10.1. The number of hydrogen-bond acceptors (Lipinski definition) is 6. The summed E-state index contributed by atoms with van der Waals surface area (Å²) >= 11 is 0. The SMILES string of the molecule is COC(COC(=O)NCCC(=O)O)OC(CO)CC(C)C. The fourth-order valence-corrected chi connectivity index (χ4v) is 1.54. The van der Waals surface area contributed by atoms with E-state index in [4.69, 9.17) is 19.3 Å². The van der Waals surface area contributed by atoms with E-state index in [0.29, 0.717) is 12.3 Å². The normalized spacial score (nSPS) is 13.8. The third kappa shape index (κ3) is 11.0. The highest BCUT2D eigenvalue weighted by Gasteiger charge is 2.18. The average Bonchev–Trinajstić information content (AvgIpc) is 2.41. The Hall–Kier alpha value is -1.38. The molecule has 0 heterocycles. The number of carboxylic acids is 1. The van der Waals surface area contributed by atoms with E-state index in [1.165, 1.54) is 7.11 Å². The second kappa shape index (κ2) is 11.3. The number of aliphatic carboxylic acids is 1. The van der Waals surface area contributed by atoms with E-state index in [-0.39, 0.29) is 26.2 Å². The van der Waals surface area contributed by atoms with E-state index in [1.807, 2.05) is 13.8 Å². The standard InChI is InChI=1S/C13H25NO7/c1-9(2)6-10(7-15)21-12(19-3)8-20-13(18)14-5-4-11(16)17/h9-10,12,15H,4-8H2,1-3H3,(H,14,18)(H,16,17). The highest BCUT2D eigenvalue weighted by molar-refractivity contribution is 5.70. The van der Waals surface area contributed by atoms with Gasteiger partial charge in [0.1, 0.15) is 6.61 Å². The van der Waals surface area contributed by atoms with E-state index in [9.17, 15) is 14.7 Å². The molecule has 0 saturated heterocycles. The summed E-state index contributed by atoms with van der Waals surface area (Å²) in [5.41, 5.74) is 0. The van der Waals surface area contributed by atoms with Gasteiger partial charge in [0, 0.05) is 13.7 Å². The maximum Gasteiger partial charge on any atom is 0.407 e. The van der Waals surface area contributed by atoms with Gasteiger partial charge in [0.2, 0.25) is 0 Å². The Balaban J connectivity index is 4.02. The molecule has 8 nitrogen and oxygen atoms in total. The monoisotopic (exact) mass is 307 g/mol. The van der Waals surface area contributed by atoms with E-state index in [0.717, 1.165) is 0 Å². The number of rotatable bonds is 11. The van der Waals surface area contributed by atoms with Crippen LogP contribution in [-0.2, 0) is 19.0 Å². The summed E-state index contributed by atoms with van der Waals surface area (Å²) < 4.78 is 15.4. The molecule has 0 aliphatic carbocycles. The Morgan fingerprint density at radius 2 is 1.95 bits per heavy atom. The first-order chi connectivity index (χ1) is 9.88. The molecule has 1 amide bonds. The number of alkyl carbamates (subject to hydrolysis) is 1. The Labute approximate surface area is 124 Å². The topological polar surface area (TPSA) is 114 Å². The zero-order chi connectivity index (χ0) is 16.3. The molecule has 3 N–H and O–H groups in total. The van der Waals surface area contributed by atoms with Gasteiger partial charge in [-0.25, -0.2) is 4.79 Å². The summed E-state index contributed by atoms with van der Waals surface area (Å²) in [5, 5.41) is 19.9. The third-order valence-corrected chi connectivity index (χ3v) is 2.50. The van der Waals surface area contributed by atoms with Gasteiger partial charge in [-0.1, -0.05) is 13.8 Å². The van der Waals surface area contributed by atoms with Crippen LogP contribution in [0.15, 0.2) is 0 Å². The van der Waals surface area contributed by atoms with Crippen molar-refractivity contribution in [1.82, 2.24) is 5.32 Å². The molecule has 0 aromatic rings. The van der Waals surface area contributed by atoms with E-state index >= 15 is 0 Å². The van der Waals surface area contributed by atoms with Crippen molar-refractivity contribution in [2.45, 2.75) is 39.1 Å². The molecule has 0 aromatic heterocycles. The number of carboxylic acid groups (broad SMARTS) is 1. The Morgan fingerprint density at radius 1 is 1.29 bits per heavy atom. The van der Waals surface area contributed by atoms with Crippen LogP contribution in [0.2, 0.25) is 0 Å². The second-order valence-corrected chi connectivity index (χ2v) is 4.90. The van der Waals surface area contributed by atoms with Crippen LogP contribution >= 0.6 is 0 Å². The van der Waals surface area contributed by atoms with Gasteiger partial charge in [-0.15, -0.1) is 0 Å². The van der Waals surface area contributed by atoms with E-state index < -0.39 is 24.5 Å². The fourth-order valence-electron chi connectivity index (χ4n) is 1.54. The zero-order valence-electron chi connectivity index (χ0n) is 12.7. The number of ether oxygens (including phenoxy) is 3. The third-order valence-electron chi connectivity index (χ3n) is 2.50. The van der Waals surface area contributed by atoms with Crippen LogP contribution in [0.25, 0.3) is 0 Å². The Bertz CT molecular complexity index is 309. The molecule has 0 bridgehead atoms. The zero-order valence-corrected chi connectivity index (χ0v) is 12.7. The summed E-state index contributed by atoms with van der Waals surface area (Å²) in [6, 6.07) is 0. The quantitative estimate of drug-likeness (QED) is 0.478. The first-order valence-corrected chi connectivity index (χ1v) is 6.80. The van der Waals surface area contributed by atoms with Crippen molar-refractivity contribution < 1.29 is 34.0 Å². The van der Waals surface area contributed by atoms with E-state index in [1.54, 1.807) is 0 Å². The highest BCUT2D eigenvalue weighted by atomic mass is 16.7. The number of aliphatic hydroxyl groups is 1. The van der Waals surface area contributed by atoms with Crippen molar-refractivity contribution in [3.8, 4) is 0 Å². The molecule has 0 aliphatic heterocycles. The molecule has 0 aliphatic rings. The summed E-state index contributed by atoms with van der Waals surface area (Å²) in [6.07, 6.45) is -1.45. The molecular weight excluding hydrogens is 282 g/mol. The maximum atomic E-state index is 11.3. The van der Waals surface area contributed by atoms with Gasteiger partial charge in [0.25, 0.3) is 0 Å². The summed E-state index contributed by atoms with van der Waals surface area (Å²) in [5.74, 6) is -0.659. The summed E-state index contributed by atoms with van der Waals surface area (Å²) in [7, 11) is 1.40. The number of hydrogen-bond donors (Lipinski definition) is 3. The first kappa shape index (κ1) is 19.6. The minimum absolute atomic E-state index is 0.0146. The molecule has 8 heteroatoms. The van der Waals surface area contributed by atoms with Crippen molar-refractivity contribution in [3.63, 3.8) is 0 Å². The molecule has 0 radical (unpaired) electrons. The van der Waals surface area contributed by atoms with Crippen LogP contribution in [0.4, 0.5) is 4.79 Å². The molecule has 124 valence electrons. The molecule has 2 atom stereocenters. The van der Waals surface area contributed by atoms with Crippen LogP contribution < -0.4 is 5.32 Å². The van der Waals surface area contributed by atoms with Crippen molar-refractivity contribution in [1.29, 1.82) is 0 Å². The largest absolute Gasteiger partial charge is 0.481 e. The molecule has 0 spiro atoms. The van der Waals surface area contributed by atoms with Gasteiger partial charge in [-0.2, -0.15) is 0 Å². The van der Waals surface area contributed by atoms with Crippen molar-refractivity contribution in [2.75, 3.05) is 26.9 Å². The minimum Gasteiger partial charge on any atom is -0.481 e. The Morgan fingerprint density at radius 3 is 2.43 bits per heavy atom. The molecule has 0 saturated carbocycles. The number of amides is 1. The maximum absolute atomic E-state index is 11.3. The smallest absolute Gasteiger partial charge is 0.407 e. The predicted molar refractivity (Wildman–Crippen MR) is 73.8 cm³/mol. The minimum atomic E-state index is -1.01. The van der Waals surface area contributed by atoms with Crippen LogP contribution in [0.3, 0.4) is 0 Å². The number of methoxy groups -OCH3 is 1. The van der Waals surface area contributed by atoms with Crippen molar-refractivity contribution >= 4 is 12.1 Å². The molecular formula is C13H25NO7. The lowest BCUT2D eigenvalue weighted by Crippen LogP contribution is -2.34. The molecule has 21 heavy (non-hydrogen) atoms. The van der Waals surface area contributed by atoms with Gasteiger partial charge >= 0.3 is 12.1 Å². The lowest BCUT2D eigenvalue weighted by Gasteiger charge is -2.23. The highest BCUT2D eigenvalue weighted by Crippen LogP contribution is 2.10. The van der Waals surface area contributed by atoms with Crippen molar-refractivity contribution in [3.05, 3.63) is 0 Å². The number of nitrogens with one attached hydrogen (secondary N) is 1. The molecule has 2 unspecified atom stereocenters. The van der Waals surface area contributed by atoms with Crippen LogP contribution in [-0.4, -0.2) is 61.5 Å². The van der Waals surface area contributed by atoms with Gasteiger partial charge < -0.3 is 29.7 Å². The fraction of sp³-hybridized carbons (Fsp3) is 0.846. The van der Waals surface area contributed by atoms with Crippen LogP contribution in [0.5, 0.6) is 0 Å². The summed E-state index contributed by atoms with van der Waals surface area (Å²) in [6.45, 7) is 3.69. The van der Waals surface area contributed by atoms with Crippen LogP contribution in [0, 0.1) is 5.92 Å². The second-order valence-electron chi connectivity index (χ2n) is 4.90. The van der Waals surface area contributed by atoms with Gasteiger partial charge in [-0.05, 0) is 12.3 Å². The molecule has 0 rings (SSSR count). The number of carbonyl (C=O) groups is 2. The first-order valence-electron chi connectivity index (χ1n) is 6.80. The van der Waals surface area contributed by atoms with Crippen molar-refractivity contribution in [2.24, 2.45) is 5.92 Å².